The molecule has 0 aliphatic carbocycles. The third-order valence-electron chi connectivity index (χ3n) is 1.11. The number of halogens is 1. The fraction of sp³-hybridized carbons (Fsp3) is 1.00. The van der Waals surface area contributed by atoms with E-state index >= 15 is 0 Å². The second-order valence-electron chi connectivity index (χ2n) is 3.25. The molecule has 0 aromatic rings. The molecule has 0 heterocycles. The lowest BCUT2D eigenvalue weighted by Crippen LogP contribution is -2.40. The summed E-state index contributed by atoms with van der Waals surface area (Å²) < 4.78 is 11.8. The summed E-state index contributed by atoms with van der Waals surface area (Å²) in [7, 11) is 0. The predicted molar refractivity (Wildman–Crippen MR) is 39.7 cm³/mol. The number of aliphatic hydroxyl groups is 1. The van der Waals surface area contributed by atoms with Gasteiger partial charge in [-0.05, 0) is 20.8 Å². The zero-order valence-corrected chi connectivity index (χ0v) is 6.82. The first-order valence-corrected chi connectivity index (χ1v) is 3.47. The number of hydrogen-bond donors (Lipinski definition) is 2. The van der Waals surface area contributed by atoms with Crippen LogP contribution in [0.5, 0.6) is 0 Å². The average molecular weight is 149 g/mol. The Kier molecular flexibility index (Phi) is 3.83. The van der Waals surface area contributed by atoms with Crippen molar-refractivity contribution >= 4 is 0 Å². The van der Waals surface area contributed by atoms with Crippen LogP contribution in [0.3, 0.4) is 0 Å². The third-order valence-corrected chi connectivity index (χ3v) is 1.11. The van der Waals surface area contributed by atoms with Gasteiger partial charge in [-0.2, -0.15) is 0 Å². The van der Waals surface area contributed by atoms with Crippen molar-refractivity contribution in [2.75, 3.05) is 13.2 Å². The summed E-state index contributed by atoms with van der Waals surface area (Å²) in [5.74, 6) is 0. The molecule has 1 atom stereocenters. The Bertz CT molecular complexity index is 90.1. The van der Waals surface area contributed by atoms with Crippen molar-refractivity contribution in [1.82, 2.24) is 5.32 Å². The number of alkyl halides is 1. The van der Waals surface area contributed by atoms with Crippen LogP contribution in [0.1, 0.15) is 20.8 Å². The number of rotatable bonds is 4. The van der Waals surface area contributed by atoms with Crippen molar-refractivity contribution in [3.63, 3.8) is 0 Å². The molecule has 0 radical (unpaired) electrons. The highest BCUT2D eigenvalue weighted by Crippen LogP contribution is 1.98. The van der Waals surface area contributed by atoms with E-state index in [1.807, 2.05) is 0 Å². The molecular weight excluding hydrogens is 133 g/mol. The van der Waals surface area contributed by atoms with Gasteiger partial charge in [0.2, 0.25) is 0 Å². The summed E-state index contributed by atoms with van der Waals surface area (Å²) in [5, 5.41) is 12.0. The summed E-state index contributed by atoms with van der Waals surface area (Å²) in [6.45, 7) is 5.15. The fourth-order valence-corrected chi connectivity index (χ4v) is 0.479. The molecule has 0 saturated heterocycles. The van der Waals surface area contributed by atoms with Gasteiger partial charge in [0.1, 0.15) is 6.67 Å². The zero-order valence-electron chi connectivity index (χ0n) is 6.82. The first kappa shape index (κ1) is 9.85. The van der Waals surface area contributed by atoms with Gasteiger partial charge < -0.3 is 10.4 Å². The van der Waals surface area contributed by atoms with Crippen molar-refractivity contribution in [1.29, 1.82) is 0 Å². The smallest absolute Gasteiger partial charge is 0.104 e. The first-order valence-electron chi connectivity index (χ1n) is 3.47. The molecular formula is C7H16FNO. The van der Waals surface area contributed by atoms with Crippen LogP contribution in [0.15, 0.2) is 0 Å². The average Bonchev–Trinajstić information content (AvgIpc) is 1.81. The highest BCUT2D eigenvalue weighted by Gasteiger charge is 2.12. The molecule has 62 valence electrons. The molecule has 0 aliphatic heterocycles. The van der Waals surface area contributed by atoms with E-state index < -0.39 is 12.3 Å². The van der Waals surface area contributed by atoms with Gasteiger partial charge in [0, 0.05) is 12.6 Å². The third kappa shape index (κ3) is 5.98. The highest BCUT2D eigenvalue weighted by atomic mass is 19.1. The van der Waals surface area contributed by atoms with Gasteiger partial charge in [-0.15, -0.1) is 0 Å². The van der Waals surface area contributed by atoms with Crippen molar-refractivity contribution in [3.8, 4) is 0 Å². The predicted octanol–water partition coefficient (Wildman–Crippen LogP) is 0.705. The van der Waals surface area contributed by atoms with Gasteiger partial charge in [-0.1, -0.05) is 0 Å². The fourth-order valence-electron chi connectivity index (χ4n) is 0.479. The monoisotopic (exact) mass is 149 g/mol. The minimum absolute atomic E-state index is 0.161. The van der Waals surface area contributed by atoms with E-state index in [0.717, 1.165) is 0 Å². The summed E-state index contributed by atoms with van der Waals surface area (Å²) >= 11 is 0. The van der Waals surface area contributed by atoms with Gasteiger partial charge in [-0.25, -0.2) is 4.39 Å². The molecule has 0 aliphatic rings. The minimum atomic E-state index is -0.747. The molecule has 2 N–H and O–H groups in total. The standard InChI is InChI=1S/C7H16FNO/c1-6(4-8)9-5-7(2,3)10/h6,9-10H,4-5H2,1-3H3/t6-/m0/s1. The van der Waals surface area contributed by atoms with Crippen LogP contribution in [0.4, 0.5) is 4.39 Å². The SMILES string of the molecule is C[C@@H](CF)NCC(C)(C)O. The molecule has 0 aromatic heterocycles. The Morgan fingerprint density at radius 3 is 2.40 bits per heavy atom. The van der Waals surface area contributed by atoms with Crippen LogP contribution in [-0.2, 0) is 0 Å². The van der Waals surface area contributed by atoms with Crippen molar-refractivity contribution in [3.05, 3.63) is 0 Å². The summed E-state index contributed by atoms with van der Waals surface area (Å²) in [6.07, 6.45) is 0. The van der Waals surface area contributed by atoms with E-state index in [-0.39, 0.29) is 6.04 Å². The van der Waals surface area contributed by atoms with E-state index in [1.165, 1.54) is 0 Å². The van der Waals surface area contributed by atoms with E-state index in [1.54, 1.807) is 20.8 Å². The molecule has 0 saturated carbocycles. The second kappa shape index (κ2) is 3.88. The molecule has 2 nitrogen and oxygen atoms in total. The Balaban J connectivity index is 3.36. The molecule has 0 spiro atoms. The van der Waals surface area contributed by atoms with E-state index in [9.17, 15) is 9.50 Å². The van der Waals surface area contributed by atoms with Crippen molar-refractivity contribution in [2.45, 2.75) is 32.4 Å². The number of hydrogen-bond acceptors (Lipinski definition) is 2. The summed E-state index contributed by atoms with van der Waals surface area (Å²) in [4.78, 5) is 0. The maximum absolute atomic E-state index is 11.8. The van der Waals surface area contributed by atoms with Gasteiger partial charge in [0.15, 0.2) is 0 Å². The Morgan fingerprint density at radius 1 is 1.60 bits per heavy atom. The lowest BCUT2D eigenvalue weighted by molar-refractivity contribution is 0.0760. The first-order chi connectivity index (χ1) is 4.45. The number of nitrogens with one attached hydrogen (secondary N) is 1. The van der Waals surface area contributed by atoms with E-state index in [4.69, 9.17) is 0 Å². The normalized spacial score (nSPS) is 15.3. The van der Waals surface area contributed by atoms with Crippen LogP contribution >= 0.6 is 0 Å². The molecule has 0 amide bonds. The van der Waals surface area contributed by atoms with Crippen LogP contribution in [-0.4, -0.2) is 30.0 Å². The van der Waals surface area contributed by atoms with Crippen LogP contribution in [0, 0.1) is 0 Å². The van der Waals surface area contributed by atoms with E-state index in [0.29, 0.717) is 6.54 Å². The van der Waals surface area contributed by atoms with Crippen molar-refractivity contribution < 1.29 is 9.50 Å². The van der Waals surface area contributed by atoms with Crippen LogP contribution < -0.4 is 5.32 Å². The van der Waals surface area contributed by atoms with Crippen molar-refractivity contribution in [2.24, 2.45) is 0 Å². The molecule has 0 bridgehead atoms. The zero-order chi connectivity index (χ0) is 8.20. The van der Waals surface area contributed by atoms with Crippen LogP contribution in [0.2, 0.25) is 0 Å². The molecule has 0 aromatic carbocycles. The topological polar surface area (TPSA) is 32.3 Å². The summed E-state index contributed by atoms with van der Waals surface area (Å²) in [5.41, 5.74) is -0.747. The molecule has 0 fully saturated rings. The Hall–Kier alpha value is -0.150. The van der Waals surface area contributed by atoms with Gasteiger partial charge in [-0.3, -0.25) is 0 Å². The largest absolute Gasteiger partial charge is 0.389 e. The second-order valence-corrected chi connectivity index (χ2v) is 3.25. The molecule has 3 heteroatoms. The van der Waals surface area contributed by atoms with Gasteiger partial charge >= 0.3 is 0 Å². The van der Waals surface area contributed by atoms with E-state index in [2.05, 4.69) is 5.32 Å². The Labute approximate surface area is 61.4 Å². The van der Waals surface area contributed by atoms with Gasteiger partial charge in [0.05, 0.1) is 5.60 Å². The van der Waals surface area contributed by atoms with Gasteiger partial charge in [0.25, 0.3) is 0 Å². The lowest BCUT2D eigenvalue weighted by Gasteiger charge is -2.19. The highest BCUT2D eigenvalue weighted by molar-refractivity contribution is 4.70. The minimum Gasteiger partial charge on any atom is -0.389 e. The maximum atomic E-state index is 11.8. The quantitative estimate of drug-likeness (QED) is 0.617. The molecule has 10 heavy (non-hydrogen) atoms. The molecule has 0 unspecified atom stereocenters. The van der Waals surface area contributed by atoms with Crippen LogP contribution in [0.25, 0.3) is 0 Å². The summed E-state index contributed by atoms with van der Waals surface area (Å²) in [6, 6.07) is -0.161. The maximum Gasteiger partial charge on any atom is 0.104 e. The lowest BCUT2D eigenvalue weighted by atomic mass is 10.1. The Morgan fingerprint density at radius 2 is 2.10 bits per heavy atom. The molecule has 0 rings (SSSR count).